The second kappa shape index (κ2) is 6.51. The maximum Gasteiger partial charge on any atom is 0.416 e. The Balaban J connectivity index is 1.79. The molecule has 0 atom stereocenters. The molecule has 23 heavy (non-hydrogen) atoms. The molecule has 3 nitrogen and oxygen atoms in total. The van der Waals surface area contributed by atoms with Crippen molar-refractivity contribution in [3.05, 3.63) is 35.4 Å². The zero-order valence-corrected chi connectivity index (χ0v) is 12.8. The number of ether oxygens (including phenoxy) is 1. The van der Waals surface area contributed by atoms with Crippen LogP contribution in [0.3, 0.4) is 0 Å². The van der Waals surface area contributed by atoms with Crippen LogP contribution in [0.4, 0.5) is 13.2 Å². The molecule has 1 amide bonds. The molecule has 0 radical (unpaired) electrons. The number of alkyl halides is 3. The summed E-state index contributed by atoms with van der Waals surface area (Å²) in [4.78, 5) is 14.4. The van der Waals surface area contributed by atoms with Crippen molar-refractivity contribution < 1.29 is 22.7 Å². The highest BCUT2D eigenvalue weighted by atomic mass is 19.4. The second-order valence-electron chi connectivity index (χ2n) is 6.24. The number of hydrogen-bond donors (Lipinski definition) is 0. The summed E-state index contributed by atoms with van der Waals surface area (Å²) in [7, 11) is 0. The molecule has 0 unspecified atom stereocenters. The van der Waals surface area contributed by atoms with Gasteiger partial charge in [0.1, 0.15) is 0 Å². The van der Waals surface area contributed by atoms with Gasteiger partial charge in [0, 0.05) is 31.7 Å². The maximum atomic E-state index is 13.2. The van der Waals surface area contributed by atoms with Crippen LogP contribution in [0.25, 0.3) is 0 Å². The average Bonchev–Trinajstić information content (AvgIpc) is 3.37. The van der Waals surface area contributed by atoms with E-state index in [9.17, 15) is 18.0 Å². The number of carbonyl (C=O) groups excluding carboxylic acids is 1. The van der Waals surface area contributed by atoms with Gasteiger partial charge >= 0.3 is 6.18 Å². The highest BCUT2D eigenvalue weighted by Gasteiger charge is 2.39. The van der Waals surface area contributed by atoms with E-state index in [1.165, 1.54) is 12.1 Å². The first-order valence-corrected chi connectivity index (χ1v) is 8.00. The van der Waals surface area contributed by atoms with Crippen molar-refractivity contribution in [1.82, 2.24) is 4.90 Å². The van der Waals surface area contributed by atoms with Crippen LogP contribution < -0.4 is 0 Å². The lowest BCUT2D eigenvalue weighted by molar-refractivity contribution is -0.142. The Hall–Kier alpha value is -1.56. The van der Waals surface area contributed by atoms with Gasteiger partial charge in [-0.3, -0.25) is 4.79 Å². The molecule has 2 fully saturated rings. The van der Waals surface area contributed by atoms with Crippen LogP contribution in [0.15, 0.2) is 24.3 Å². The van der Waals surface area contributed by atoms with Crippen LogP contribution in [0.2, 0.25) is 0 Å². The number of halogens is 3. The van der Waals surface area contributed by atoms with E-state index in [1.54, 1.807) is 11.0 Å². The van der Waals surface area contributed by atoms with Crippen LogP contribution in [0.5, 0.6) is 0 Å². The SMILES string of the molecule is O=C(C1CCOCC1)N(Cc1ccccc1C(F)(F)F)C1CC1. The third-order valence-corrected chi connectivity index (χ3v) is 4.50. The molecule has 0 aromatic heterocycles. The largest absolute Gasteiger partial charge is 0.416 e. The van der Waals surface area contributed by atoms with Crippen molar-refractivity contribution >= 4 is 5.91 Å². The number of carbonyl (C=O) groups is 1. The summed E-state index contributed by atoms with van der Waals surface area (Å²) in [5.41, 5.74) is -0.474. The first-order chi connectivity index (χ1) is 11.0. The maximum absolute atomic E-state index is 13.2. The van der Waals surface area contributed by atoms with Crippen molar-refractivity contribution in [3.8, 4) is 0 Å². The van der Waals surface area contributed by atoms with Crippen LogP contribution in [0.1, 0.15) is 36.8 Å². The predicted molar refractivity (Wildman–Crippen MR) is 78.6 cm³/mol. The molecule has 126 valence electrons. The number of benzene rings is 1. The first kappa shape index (κ1) is 16.3. The van der Waals surface area contributed by atoms with Gasteiger partial charge in [0.2, 0.25) is 5.91 Å². The molecule has 1 aromatic rings. The lowest BCUT2D eigenvalue weighted by atomic mass is 9.97. The van der Waals surface area contributed by atoms with Crippen molar-refractivity contribution in [2.24, 2.45) is 5.92 Å². The number of hydrogen-bond acceptors (Lipinski definition) is 2. The van der Waals surface area contributed by atoms with Gasteiger partial charge in [-0.25, -0.2) is 0 Å². The van der Waals surface area contributed by atoms with Crippen LogP contribution in [-0.4, -0.2) is 30.1 Å². The fourth-order valence-electron chi connectivity index (χ4n) is 3.07. The minimum atomic E-state index is -4.40. The molecule has 1 aliphatic heterocycles. The average molecular weight is 327 g/mol. The van der Waals surface area contributed by atoms with Gasteiger partial charge in [0.15, 0.2) is 0 Å². The molecule has 1 heterocycles. The third kappa shape index (κ3) is 3.86. The van der Waals surface area contributed by atoms with Gasteiger partial charge in [0.25, 0.3) is 0 Å². The van der Waals surface area contributed by atoms with E-state index in [0.29, 0.717) is 26.1 Å². The fourth-order valence-corrected chi connectivity index (χ4v) is 3.07. The standard InChI is InChI=1S/C17H20F3NO2/c18-17(19,20)15-4-2-1-3-13(15)11-21(14-5-6-14)16(22)12-7-9-23-10-8-12/h1-4,12,14H,5-11H2. The molecule has 1 saturated carbocycles. The Labute approximate surface area is 133 Å². The second-order valence-corrected chi connectivity index (χ2v) is 6.24. The Morgan fingerprint density at radius 3 is 2.39 bits per heavy atom. The fraction of sp³-hybridized carbons (Fsp3) is 0.588. The summed E-state index contributed by atoms with van der Waals surface area (Å²) in [6.07, 6.45) is -1.33. The van der Waals surface area contributed by atoms with Gasteiger partial charge < -0.3 is 9.64 Å². The summed E-state index contributed by atoms with van der Waals surface area (Å²) in [5.74, 6) is -0.143. The zero-order valence-electron chi connectivity index (χ0n) is 12.8. The smallest absolute Gasteiger partial charge is 0.381 e. The number of nitrogens with zero attached hydrogens (tertiary/aromatic N) is 1. The normalized spacial score (nSPS) is 19.6. The molecule has 1 saturated heterocycles. The summed E-state index contributed by atoms with van der Waals surface area (Å²) >= 11 is 0. The Morgan fingerprint density at radius 2 is 1.78 bits per heavy atom. The van der Waals surface area contributed by atoms with Crippen LogP contribution in [0, 0.1) is 5.92 Å². The van der Waals surface area contributed by atoms with E-state index in [4.69, 9.17) is 4.74 Å². The highest BCUT2D eigenvalue weighted by Crippen LogP contribution is 2.36. The van der Waals surface area contributed by atoms with Gasteiger partial charge in [0.05, 0.1) is 5.56 Å². The van der Waals surface area contributed by atoms with Gasteiger partial charge in [-0.15, -0.1) is 0 Å². The van der Waals surface area contributed by atoms with Gasteiger partial charge in [-0.1, -0.05) is 18.2 Å². The monoisotopic (exact) mass is 327 g/mol. The number of amides is 1. The summed E-state index contributed by atoms with van der Waals surface area (Å²) in [6.45, 7) is 1.14. The summed E-state index contributed by atoms with van der Waals surface area (Å²) in [5, 5.41) is 0. The zero-order chi connectivity index (χ0) is 16.4. The summed E-state index contributed by atoms with van der Waals surface area (Å²) < 4.78 is 44.7. The minimum Gasteiger partial charge on any atom is -0.381 e. The topological polar surface area (TPSA) is 29.5 Å². The molecular formula is C17H20F3NO2. The molecule has 1 aromatic carbocycles. The Bertz CT molecular complexity index is 563. The van der Waals surface area contributed by atoms with E-state index in [2.05, 4.69) is 0 Å². The molecule has 0 spiro atoms. The van der Waals surface area contributed by atoms with E-state index in [-0.39, 0.29) is 30.0 Å². The molecule has 0 N–H and O–H groups in total. The van der Waals surface area contributed by atoms with Crippen molar-refractivity contribution in [2.45, 2.75) is 44.4 Å². The van der Waals surface area contributed by atoms with E-state index in [0.717, 1.165) is 18.9 Å². The highest BCUT2D eigenvalue weighted by molar-refractivity contribution is 5.79. The quantitative estimate of drug-likeness (QED) is 0.845. The molecule has 6 heteroatoms. The number of rotatable bonds is 4. The third-order valence-electron chi connectivity index (χ3n) is 4.50. The van der Waals surface area contributed by atoms with Gasteiger partial charge in [-0.2, -0.15) is 13.2 Å². The molecule has 3 rings (SSSR count). The first-order valence-electron chi connectivity index (χ1n) is 8.00. The van der Waals surface area contributed by atoms with Crippen molar-refractivity contribution in [2.75, 3.05) is 13.2 Å². The minimum absolute atomic E-state index is 0.0206. The van der Waals surface area contributed by atoms with E-state index in [1.807, 2.05) is 0 Å². The Kier molecular flexibility index (Phi) is 4.62. The van der Waals surface area contributed by atoms with Gasteiger partial charge in [-0.05, 0) is 37.3 Å². The van der Waals surface area contributed by atoms with Crippen LogP contribution in [-0.2, 0) is 22.3 Å². The molecule has 0 bridgehead atoms. The molecule has 1 aliphatic carbocycles. The lowest BCUT2D eigenvalue weighted by Gasteiger charge is -2.30. The van der Waals surface area contributed by atoms with Crippen molar-refractivity contribution in [1.29, 1.82) is 0 Å². The van der Waals surface area contributed by atoms with Crippen LogP contribution >= 0.6 is 0 Å². The van der Waals surface area contributed by atoms with Crippen molar-refractivity contribution in [3.63, 3.8) is 0 Å². The van der Waals surface area contributed by atoms with E-state index >= 15 is 0 Å². The van der Waals surface area contributed by atoms with E-state index < -0.39 is 11.7 Å². The molecular weight excluding hydrogens is 307 g/mol. The lowest BCUT2D eigenvalue weighted by Crippen LogP contribution is -2.39. The predicted octanol–water partition coefficient (Wildman–Crippen LogP) is 3.62. The summed E-state index contributed by atoms with van der Waals surface area (Å²) in [6, 6.07) is 5.61. The molecule has 2 aliphatic rings. The Morgan fingerprint density at radius 1 is 1.13 bits per heavy atom.